The van der Waals surface area contributed by atoms with Crippen molar-refractivity contribution in [3.05, 3.63) is 82.5 Å². The summed E-state index contributed by atoms with van der Waals surface area (Å²) >= 11 is 0. The van der Waals surface area contributed by atoms with Crippen LogP contribution in [0.15, 0.2) is 70.8 Å². The first-order valence-electron chi connectivity index (χ1n) is 12.7. The van der Waals surface area contributed by atoms with Crippen molar-refractivity contribution in [1.82, 2.24) is 4.90 Å². The quantitative estimate of drug-likeness (QED) is 0.226. The summed E-state index contributed by atoms with van der Waals surface area (Å²) in [6.45, 7) is 1.85. The number of para-hydroxylation sites is 1. The van der Waals surface area contributed by atoms with Crippen LogP contribution in [0, 0.1) is 10.7 Å². The van der Waals surface area contributed by atoms with Crippen molar-refractivity contribution < 1.29 is 27.1 Å². The van der Waals surface area contributed by atoms with E-state index in [1.165, 1.54) is 23.1 Å². The molecule has 2 unspecified atom stereocenters. The van der Waals surface area contributed by atoms with Gasteiger partial charge in [0.2, 0.25) is 5.96 Å². The number of fused-ring (bicyclic) bond motifs is 1. The third-order valence-electron chi connectivity index (χ3n) is 7.18. The Morgan fingerprint density at radius 3 is 2.44 bits per heavy atom. The second-order valence-electron chi connectivity index (χ2n) is 9.61. The Labute approximate surface area is 235 Å². The van der Waals surface area contributed by atoms with Gasteiger partial charge in [0.05, 0.1) is 30.8 Å². The van der Waals surface area contributed by atoms with Gasteiger partial charge in [-0.2, -0.15) is 13.2 Å². The number of hydrogen-bond acceptors (Lipinski definition) is 7. The summed E-state index contributed by atoms with van der Waals surface area (Å²) in [5.41, 5.74) is 0.382. The molecule has 2 heterocycles. The molecule has 0 bridgehead atoms. The van der Waals surface area contributed by atoms with Gasteiger partial charge in [0, 0.05) is 48.7 Å². The summed E-state index contributed by atoms with van der Waals surface area (Å²) in [7, 11) is 3.99. The molecule has 1 saturated heterocycles. The third-order valence-corrected chi connectivity index (χ3v) is 7.67. The molecule has 0 saturated carbocycles. The van der Waals surface area contributed by atoms with Crippen LogP contribution in [0.3, 0.4) is 0 Å². The number of rotatable bonds is 5. The van der Waals surface area contributed by atoms with E-state index in [9.17, 15) is 22.9 Å². The Balaban J connectivity index is 1.59. The number of nitrogens with zero attached hydrogens (tertiary/aromatic N) is 5. The zero-order chi connectivity index (χ0) is 29.3. The standard InChI is InChI=1S/C28H26F4N5O3P/c1-40-19-5-2-4-18(15-19)35-10-12-36(13-11-35)27-33-26-20(6-3-7-21(26)29)22(16-25(38)34-39)37(27)23-14-17(28(30,31)32)8-9-24(23)41/h2-9,14-15,22H,10-13,16,41H2,1H3. The molecule has 0 N–H and O–H groups in total. The van der Waals surface area contributed by atoms with Crippen LogP contribution in [0.2, 0.25) is 0 Å². The molecule has 0 aromatic heterocycles. The minimum absolute atomic E-state index is 0.0324. The lowest BCUT2D eigenvalue weighted by Gasteiger charge is -2.45. The van der Waals surface area contributed by atoms with E-state index in [4.69, 9.17) is 4.74 Å². The van der Waals surface area contributed by atoms with Crippen molar-refractivity contribution in [1.29, 1.82) is 0 Å². The van der Waals surface area contributed by atoms with E-state index in [0.29, 0.717) is 37.2 Å². The maximum Gasteiger partial charge on any atom is 0.416 e. The number of alkyl halides is 3. The zero-order valence-electron chi connectivity index (χ0n) is 21.9. The average molecular weight is 588 g/mol. The molecular weight excluding hydrogens is 561 g/mol. The lowest BCUT2D eigenvalue weighted by molar-refractivity contribution is -0.137. The number of hydrogen-bond donors (Lipinski definition) is 0. The van der Waals surface area contributed by atoms with E-state index < -0.39 is 35.9 Å². The molecule has 0 aliphatic carbocycles. The van der Waals surface area contributed by atoms with Gasteiger partial charge in [0.25, 0.3) is 5.91 Å². The molecule has 0 radical (unpaired) electrons. The van der Waals surface area contributed by atoms with Crippen molar-refractivity contribution in [3.63, 3.8) is 0 Å². The van der Waals surface area contributed by atoms with Crippen LogP contribution in [0.4, 0.5) is 34.6 Å². The smallest absolute Gasteiger partial charge is 0.416 e. The van der Waals surface area contributed by atoms with Gasteiger partial charge in [0.1, 0.15) is 17.3 Å². The fourth-order valence-corrected chi connectivity index (χ4v) is 5.47. The Kier molecular flexibility index (Phi) is 7.95. The first-order chi connectivity index (χ1) is 19.6. The molecule has 2 aliphatic heterocycles. The van der Waals surface area contributed by atoms with Gasteiger partial charge in [-0.1, -0.05) is 24.3 Å². The highest BCUT2D eigenvalue weighted by atomic mass is 31.0. The SMILES string of the molecule is COc1cccc(N2CCN(C3=Nc4c(F)cccc4C(CC(=O)N=O)N3c3cc(C(F)(F)F)ccc3P)CC2)c1. The molecule has 1 fully saturated rings. The Morgan fingerprint density at radius 1 is 1.05 bits per heavy atom. The number of guanidine groups is 1. The second kappa shape index (κ2) is 11.4. The zero-order valence-corrected chi connectivity index (χ0v) is 23.1. The monoisotopic (exact) mass is 587 g/mol. The number of carbonyl (C=O) groups is 1. The summed E-state index contributed by atoms with van der Waals surface area (Å²) in [5, 5.41) is 2.92. The fourth-order valence-electron chi connectivity index (χ4n) is 5.15. The molecule has 13 heteroatoms. The summed E-state index contributed by atoms with van der Waals surface area (Å²) in [6, 6.07) is 14.0. The fraction of sp³-hybridized carbons (Fsp3) is 0.286. The number of anilines is 2. The minimum Gasteiger partial charge on any atom is -0.497 e. The number of nitroso groups, excluding NO2 is 1. The molecular formula is C28H26F4N5O3P. The molecule has 5 rings (SSSR count). The first-order valence-corrected chi connectivity index (χ1v) is 13.3. The normalized spacial score (nSPS) is 17.2. The van der Waals surface area contributed by atoms with Crippen molar-refractivity contribution in [3.8, 4) is 5.75 Å². The van der Waals surface area contributed by atoms with Crippen molar-refractivity contribution >= 4 is 43.5 Å². The van der Waals surface area contributed by atoms with E-state index in [2.05, 4.69) is 24.3 Å². The van der Waals surface area contributed by atoms with Gasteiger partial charge >= 0.3 is 6.18 Å². The highest BCUT2D eigenvalue weighted by Crippen LogP contribution is 2.43. The Bertz CT molecular complexity index is 1510. The number of ether oxygens (including phenoxy) is 1. The molecule has 0 spiro atoms. The maximum absolute atomic E-state index is 15.1. The number of carbonyl (C=O) groups excluding carboxylic acids is 1. The lowest BCUT2D eigenvalue weighted by atomic mass is 9.96. The van der Waals surface area contributed by atoms with Crippen LogP contribution >= 0.6 is 9.24 Å². The number of piperazine rings is 1. The molecule has 2 aliphatic rings. The van der Waals surface area contributed by atoms with Crippen LogP contribution in [-0.2, 0) is 11.0 Å². The number of halogens is 4. The number of aliphatic imine (C=N–C) groups is 1. The first kappa shape index (κ1) is 28.5. The van der Waals surface area contributed by atoms with Gasteiger partial charge in [-0.15, -0.1) is 14.1 Å². The van der Waals surface area contributed by atoms with Crippen molar-refractivity contribution in [2.24, 2.45) is 10.2 Å². The van der Waals surface area contributed by atoms with E-state index >= 15 is 4.39 Å². The lowest BCUT2D eigenvalue weighted by Crippen LogP contribution is -2.56. The van der Waals surface area contributed by atoms with Crippen molar-refractivity contribution in [2.45, 2.75) is 18.6 Å². The maximum atomic E-state index is 15.1. The van der Waals surface area contributed by atoms with E-state index in [1.807, 2.05) is 29.2 Å². The highest BCUT2D eigenvalue weighted by molar-refractivity contribution is 7.28. The van der Waals surface area contributed by atoms with Gasteiger partial charge in [0.15, 0.2) is 0 Å². The molecule has 2 atom stereocenters. The predicted octanol–water partition coefficient (Wildman–Crippen LogP) is 5.41. The van der Waals surface area contributed by atoms with Gasteiger partial charge in [-0.3, -0.25) is 4.79 Å². The third kappa shape index (κ3) is 5.74. The van der Waals surface area contributed by atoms with E-state index in [0.717, 1.165) is 17.8 Å². The number of amides is 1. The van der Waals surface area contributed by atoms with E-state index in [1.54, 1.807) is 13.2 Å². The minimum atomic E-state index is -4.64. The topological polar surface area (TPSA) is 77.8 Å². The van der Waals surface area contributed by atoms with Gasteiger partial charge in [-0.05, 0) is 35.6 Å². The number of methoxy groups -OCH3 is 1. The highest BCUT2D eigenvalue weighted by Gasteiger charge is 2.39. The second-order valence-corrected chi connectivity index (χ2v) is 10.2. The molecule has 214 valence electrons. The van der Waals surface area contributed by atoms with Gasteiger partial charge < -0.3 is 19.4 Å². The molecule has 1 amide bonds. The summed E-state index contributed by atoms with van der Waals surface area (Å²) in [5.74, 6) is -0.786. The number of benzene rings is 3. The molecule has 3 aromatic rings. The molecule has 8 nitrogen and oxygen atoms in total. The predicted molar refractivity (Wildman–Crippen MR) is 152 cm³/mol. The largest absolute Gasteiger partial charge is 0.497 e. The molecule has 41 heavy (non-hydrogen) atoms. The molecule has 3 aromatic carbocycles. The van der Waals surface area contributed by atoms with E-state index in [-0.39, 0.29) is 22.9 Å². The summed E-state index contributed by atoms with van der Waals surface area (Å²) < 4.78 is 61.8. The van der Waals surface area contributed by atoms with Crippen LogP contribution in [0.5, 0.6) is 5.75 Å². The van der Waals surface area contributed by atoms with Gasteiger partial charge in [-0.25, -0.2) is 9.38 Å². The van der Waals surface area contributed by atoms with Crippen LogP contribution in [-0.4, -0.2) is 50.1 Å². The summed E-state index contributed by atoms with van der Waals surface area (Å²) in [4.78, 5) is 33.6. The van der Waals surface area contributed by atoms with Crippen molar-refractivity contribution in [2.75, 3.05) is 43.1 Å². The van der Waals surface area contributed by atoms with Crippen LogP contribution < -0.4 is 19.8 Å². The Hall–Kier alpha value is -4.05. The van der Waals surface area contributed by atoms with Crippen LogP contribution in [0.1, 0.15) is 23.6 Å². The average Bonchev–Trinajstić information content (AvgIpc) is 2.97. The van der Waals surface area contributed by atoms with Crippen LogP contribution in [0.25, 0.3) is 0 Å². The Morgan fingerprint density at radius 2 is 1.76 bits per heavy atom. The summed E-state index contributed by atoms with van der Waals surface area (Å²) in [6.07, 6.45) is -5.12.